The Labute approximate surface area is 123 Å². The number of hydrogen-bond acceptors (Lipinski definition) is 3. The zero-order valence-electron chi connectivity index (χ0n) is 11.7. The van der Waals surface area contributed by atoms with Crippen LogP contribution in [0.25, 0.3) is 0 Å². The summed E-state index contributed by atoms with van der Waals surface area (Å²) in [5, 5.41) is 0. The smallest absolute Gasteiger partial charge is 0.165 e. The minimum absolute atomic E-state index is 0.168. The van der Waals surface area contributed by atoms with Gasteiger partial charge >= 0.3 is 0 Å². The summed E-state index contributed by atoms with van der Waals surface area (Å²) in [4.78, 5) is 0. The average molecular weight is 285 g/mol. The normalized spacial score (nSPS) is 9.67. The van der Waals surface area contributed by atoms with Crippen molar-refractivity contribution < 1.29 is 13.9 Å². The number of hydrogen-bond donors (Lipinski definition) is 1. The van der Waals surface area contributed by atoms with Gasteiger partial charge in [-0.3, -0.25) is 0 Å². The highest BCUT2D eigenvalue weighted by molar-refractivity contribution is 5.41. The van der Waals surface area contributed by atoms with Crippen LogP contribution in [-0.4, -0.2) is 13.7 Å². The zero-order chi connectivity index (χ0) is 15.1. The van der Waals surface area contributed by atoms with E-state index in [1.54, 1.807) is 19.2 Å². The molecule has 0 bridgehead atoms. The second kappa shape index (κ2) is 7.32. The molecule has 2 N–H and O–H groups in total. The molecule has 0 atom stereocenters. The Kier molecular flexibility index (Phi) is 5.19. The standard InChI is InChI=1S/C17H16FNO2/c1-20-15-6-2-4-14(10-15)12-21-17-11-13(5-3-9-19)7-8-16(17)18/h2,4,6-8,10-11H,9,12,19H2,1H3. The first-order valence-electron chi connectivity index (χ1n) is 6.47. The van der Waals surface area contributed by atoms with Crippen LogP contribution >= 0.6 is 0 Å². The van der Waals surface area contributed by atoms with E-state index in [1.807, 2.05) is 24.3 Å². The van der Waals surface area contributed by atoms with Crippen LogP contribution in [0.1, 0.15) is 11.1 Å². The summed E-state index contributed by atoms with van der Waals surface area (Å²) >= 11 is 0. The molecule has 0 aliphatic carbocycles. The summed E-state index contributed by atoms with van der Waals surface area (Å²) in [5.41, 5.74) is 6.88. The summed E-state index contributed by atoms with van der Waals surface area (Å²) in [6.07, 6.45) is 0. The third kappa shape index (κ3) is 4.23. The second-order valence-corrected chi connectivity index (χ2v) is 4.29. The fourth-order valence-corrected chi connectivity index (χ4v) is 1.77. The quantitative estimate of drug-likeness (QED) is 0.878. The van der Waals surface area contributed by atoms with Crippen LogP contribution in [0.2, 0.25) is 0 Å². The third-order valence-corrected chi connectivity index (χ3v) is 2.79. The van der Waals surface area contributed by atoms with Gasteiger partial charge in [0, 0.05) is 5.56 Å². The van der Waals surface area contributed by atoms with Crippen molar-refractivity contribution in [3.8, 4) is 23.3 Å². The predicted molar refractivity (Wildman–Crippen MR) is 79.7 cm³/mol. The number of nitrogens with two attached hydrogens (primary N) is 1. The van der Waals surface area contributed by atoms with E-state index in [-0.39, 0.29) is 18.9 Å². The minimum atomic E-state index is -0.420. The van der Waals surface area contributed by atoms with Crippen LogP contribution in [0, 0.1) is 17.7 Å². The van der Waals surface area contributed by atoms with Crippen LogP contribution < -0.4 is 15.2 Å². The van der Waals surface area contributed by atoms with Gasteiger partial charge in [0.25, 0.3) is 0 Å². The van der Waals surface area contributed by atoms with Crippen LogP contribution in [0.3, 0.4) is 0 Å². The topological polar surface area (TPSA) is 44.5 Å². The highest BCUT2D eigenvalue weighted by atomic mass is 19.1. The summed E-state index contributed by atoms with van der Waals surface area (Å²) in [6, 6.07) is 11.9. The third-order valence-electron chi connectivity index (χ3n) is 2.79. The number of halogens is 1. The number of ether oxygens (including phenoxy) is 2. The summed E-state index contributed by atoms with van der Waals surface area (Å²) in [6.45, 7) is 0.513. The van der Waals surface area contributed by atoms with E-state index in [4.69, 9.17) is 15.2 Å². The van der Waals surface area contributed by atoms with Crippen molar-refractivity contribution >= 4 is 0 Å². The van der Waals surface area contributed by atoms with Crippen molar-refractivity contribution in [2.75, 3.05) is 13.7 Å². The maximum absolute atomic E-state index is 13.7. The van der Waals surface area contributed by atoms with Gasteiger partial charge in [0.1, 0.15) is 12.4 Å². The molecule has 4 heteroatoms. The highest BCUT2D eigenvalue weighted by Gasteiger charge is 2.05. The summed E-state index contributed by atoms with van der Waals surface area (Å²) < 4.78 is 24.4. The largest absolute Gasteiger partial charge is 0.497 e. The van der Waals surface area contributed by atoms with Gasteiger partial charge in [-0.2, -0.15) is 0 Å². The van der Waals surface area contributed by atoms with Crippen molar-refractivity contribution in [1.29, 1.82) is 0 Å². The first-order chi connectivity index (χ1) is 10.2. The molecule has 2 rings (SSSR count). The highest BCUT2D eigenvalue weighted by Crippen LogP contribution is 2.21. The minimum Gasteiger partial charge on any atom is -0.497 e. The number of benzene rings is 2. The molecule has 21 heavy (non-hydrogen) atoms. The van der Waals surface area contributed by atoms with Gasteiger partial charge in [-0.05, 0) is 35.9 Å². The van der Waals surface area contributed by atoms with Gasteiger partial charge in [0.15, 0.2) is 11.6 Å². The number of methoxy groups -OCH3 is 1. The van der Waals surface area contributed by atoms with Crippen LogP contribution in [-0.2, 0) is 6.61 Å². The molecular formula is C17H16FNO2. The van der Waals surface area contributed by atoms with Crippen molar-refractivity contribution in [2.24, 2.45) is 5.73 Å². The van der Waals surface area contributed by atoms with Gasteiger partial charge in [0.2, 0.25) is 0 Å². The molecule has 0 saturated heterocycles. The van der Waals surface area contributed by atoms with Crippen molar-refractivity contribution in [3.63, 3.8) is 0 Å². The molecule has 0 radical (unpaired) electrons. The molecule has 3 nitrogen and oxygen atoms in total. The van der Waals surface area contributed by atoms with Gasteiger partial charge in [0.05, 0.1) is 13.7 Å². The van der Waals surface area contributed by atoms with E-state index in [0.717, 1.165) is 11.3 Å². The fraction of sp³-hybridized carbons (Fsp3) is 0.176. The monoisotopic (exact) mass is 285 g/mol. The first-order valence-corrected chi connectivity index (χ1v) is 6.47. The average Bonchev–Trinajstić information content (AvgIpc) is 2.53. The molecule has 0 spiro atoms. The first kappa shape index (κ1) is 14.9. The van der Waals surface area contributed by atoms with E-state index >= 15 is 0 Å². The van der Waals surface area contributed by atoms with Crippen molar-refractivity contribution in [3.05, 3.63) is 59.4 Å². The molecule has 0 aliphatic rings. The zero-order valence-corrected chi connectivity index (χ0v) is 11.7. The molecule has 0 heterocycles. The van der Waals surface area contributed by atoms with E-state index in [0.29, 0.717) is 5.56 Å². The SMILES string of the molecule is COc1cccc(COc2cc(C#CCN)ccc2F)c1. The molecule has 108 valence electrons. The van der Waals surface area contributed by atoms with Gasteiger partial charge < -0.3 is 15.2 Å². The molecule has 0 saturated carbocycles. The fourth-order valence-electron chi connectivity index (χ4n) is 1.77. The number of rotatable bonds is 4. The van der Waals surface area contributed by atoms with E-state index in [9.17, 15) is 4.39 Å². The molecule has 0 aromatic heterocycles. The lowest BCUT2D eigenvalue weighted by atomic mass is 10.2. The Bertz CT molecular complexity index is 674. The lowest BCUT2D eigenvalue weighted by molar-refractivity contribution is 0.289. The maximum Gasteiger partial charge on any atom is 0.165 e. The Morgan fingerprint density at radius 3 is 2.81 bits per heavy atom. The van der Waals surface area contributed by atoms with Crippen LogP contribution in [0.5, 0.6) is 11.5 Å². The van der Waals surface area contributed by atoms with E-state index in [1.165, 1.54) is 6.07 Å². The van der Waals surface area contributed by atoms with Crippen molar-refractivity contribution in [2.45, 2.75) is 6.61 Å². The summed E-state index contributed by atoms with van der Waals surface area (Å²) in [5.74, 6) is 6.05. The lowest BCUT2D eigenvalue weighted by Crippen LogP contribution is -1.98. The molecule has 0 unspecified atom stereocenters. The van der Waals surface area contributed by atoms with Gasteiger partial charge in [-0.25, -0.2) is 4.39 Å². The molecule has 0 fully saturated rings. The molecule has 2 aromatic rings. The summed E-state index contributed by atoms with van der Waals surface area (Å²) in [7, 11) is 1.60. The molecule has 0 amide bonds. The van der Waals surface area contributed by atoms with E-state index < -0.39 is 5.82 Å². The second-order valence-electron chi connectivity index (χ2n) is 4.29. The Morgan fingerprint density at radius 1 is 1.19 bits per heavy atom. The predicted octanol–water partition coefficient (Wildman–Crippen LogP) is 2.72. The van der Waals surface area contributed by atoms with Gasteiger partial charge in [-0.15, -0.1) is 0 Å². The Morgan fingerprint density at radius 2 is 2.05 bits per heavy atom. The Hall–Kier alpha value is -2.51. The van der Waals surface area contributed by atoms with Gasteiger partial charge in [-0.1, -0.05) is 24.0 Å². The van der Waals surface area contributed by atoms with E-state index in [2.05, 4.69) is 11.8 Å². The lowest BCUT2D eigenvalue weighted by Gasteiger charge is -2.09. The van der Waals surface area contributed by atoms with Crippen LogP contribution in [0.15, 0.2) is 42.5 Å². The Balaban J connectivity index is 2.11. The molecule has 0 aliphatic heterocycles. The van der Waals surface area contributed by atoms with Crippen LogP contribution in [0.4, 0.5) is 4.39 Å². The molecular weight excluding hydrogens is 269 g/mol. The van der Waals surface area contributed by atoms with Crippen molar-refractivity contribution in [1.82, 2.24) is 0 Å². The molecule has 2 aromatic carbocycles. The maximum atomic E-state index is 13.7.